The number of aromatic nitrogens is 6. The van der Waals surface area contributed by atoms with Crippen molar-refractivity contribution >= 4 is 11.6 Å². The van der Waals surface area contributed by atoms with Crippen LogP contribution in [0.25, 0.3) is 0 Å². The highest BCUT2D eigenvalue weighted by molar-refractivity contribution is 6.30. The van der Waals surface area contributed by atoms with Crippen LogP contribution in [0.2, 0.25) is 5.02 Å². The van der Waals surface area contributed by atoms with Crippen molar-refractivity contribution in [2.75, 3.05) is 0 Å². The molecule has 1 aliphatic rings. The normalized spacial score (nSPS) is 17.2. The van der Waals surface area contributed by atoms with E-state index in [0.29, 0.717) is 17.5 Å². The fraction of sp³-hybridized carbons (Fsp3) is 0.412. The second-order valence-corrected chi connectivity index (χ2v) is 6.74. The highest BCUT2D eigenvalue weighted by Gasteiger charge is 2.44. The predicted octanol–water partition coefficient (Wildman–Crippen LogP) is 2.67. The summed E-state index contributed by atoms with van der Waals surface area (Å²) in [5.74, 6) is 0.757. The van der Waals surface area contributed by atoms with Gasteiger partial charge < -0.3 is 5.11 Å². The number of nitrogens with one attached hydrogen (secondary N) is 1. The molecule has 2 N–H and O–H groups in total. The van der Waals surface area contributed by atoms with Gasteiger partial charge in [-0.1, -0.05) is 30.7 Å². The van der Waals surface area contributed by atoms with Gasteiger partial charge in [-0.25, -0.2) is 14.6 Å². The average Bonchev–Trinajstić information content (AvgIpc) is 3.06. The van der Waals surface area contributed by atoms with E-state index in [1.54, 1.807) is 11.0 Å². The Labute approximate surface area is 151 Å². The summed E-state index contributed by atoms with van der Waals surface area (Å²) in [7, 11) is 0. The van der Waals surface area contributed by atoms with E-state index >= 15 is 0 Å². The van der Waals surface area contributed by atoms with Gasteiger partial charge in [0, 0.05) is 5.02 Å². The summed E-state index contributed by atoms with van der Waals surface area (Å²) in [4.78, 5) is 7.51. The molecule has 2 atom stereocenters. The van der Waals surface area contributed by atoms with Gasteiger partial charge in [0.1, 0.15) is 30.9 Å². The van der Waals surface area contributed by atoms with Crippen LogP contribution >= 0.6 is 11.6 Å². The molecular weight excluding hydrogens is 340 g/mol. The molecule has 1 aliphatic carbocycles. The molecule has 2 aromatic heterocycles. The van der Waals surface area contributed by atoms with E-state index in [-0.39, 0.29) is 5.92 Å². The van der Waals surface area contributed by atoms with Crippen molar-refractivity contribution in [2.45, 2.75) is 31.9 Å². The maximum atomic E-state index is 11.3. The quantitative estimate of drug-likeness (QED) is 0.729. The SMILES string of the molecule is CC(C1CC1)C(O)(Cn1cncn1)c1ccc(Cl)cc1.c1nc[nH]n1. The van der Waals surface area contributed by atoms with E-state index in [2.05, 4.69) is 32.2 Å². The van der Waals surface area contributed by atoms with Crippen molar-refractivity contribution in [3.63, 3.8) is 0 Å². The molecule has 132 valence electrons. The first kappa shape index (κ1) is 17.6. The molecular formula is C17H21ClN6O. The zero-order chi connectivity index (χ0) is 17.7. The molecule has 2 unspecified atom stereocenters. The first-order chi connectivity index (χ1) is 12.1. The highest BCUT2D eigenvalue weighted by atomic mass is 35.5. The molecule has 1 fully saturated rings. The number of aromatic amines is 1. The van der Waals surface area contributed by atoms with Gasteiger partial charge in [-0.15, -0.1) is 0 Å². The Morgan fingerprint density at radius 2 is 2.04 bits per heavy atom. The van der Waals surface area contributed by atoms with Crippen molar-refractivity contribution in [3.05, 3.63) is 60.2 Å². The fourth-order valence-corrected chi connectivity index (χ4v) is 3.08. The van der Waals surface area contributed by atoms with Crippen LogP contribution in [0.4, 0.5) is 0 Å². The lowest BCUT2D eigenvalue weighted by Crippen LogP contribution is -2.39. The van der Waals surface area contributed by atoms with Gasteiger partial charge in [0.15, 0.2) is 0 Å². The van der Waals surface area contributed by atoms with E-state index in [1.807, 2.05) is 24.3 Å². The molecule has 0 amide bonds. The molecule has 25 heavy (non-hydrogen) atoms. The Morgan fingerprint density at radius 3 is 2.52 bits per heavy atom. The minimum atomic E-state index is -0.945. The average molecular weight is 361 g/mol. The molecule has 3 aromatic rings. The van der Waals surface area contributed by atoms with E-state index in [1.165, 1.54) is 31.8 Å². The third-order valence-electron chi connectivity index (χ3n) is 4.63. The third kappa shape index (κ3) is 4.43. The van der Waals surface area contributed by atoms with Crippen LogP contribution in [-0.4, -0.2) is 35.1 Å². The van der Waals surface area contributed by atoms with Crippen molar-refractivity contribution in [1.82, 2.24) is 29.9 Å². The number of halogens is 1. The second-order valence-electron chi connectivity index (χ2n) is 6.30. The Hall–Kier alpha value is -2.25. The van der Waals surface area contributed by atoms with Gasteiger partial charge >= 0.3 is 0 Å². The summed E-state index contributed by atoms with van der Waals surface area (Å²) in [5, 5.41) is 22.1. The molecule has 8 heteroatoms. The van der Waals surface area contributed by atoms with Crippen LogP contribution < -0.4 is 0 Å². The number of hydrogen-bond donors (Lipinski definition) is 2. The highest BCUT2D eigenvalue weighted by Crippen LogP contribution is 2.46. The smallest absolute Gasteiger partial charge is 0.137 e. The number of aliphatic hydroxyl groups is 1. The molecule has 4 rings (SSSR count). The number of rotatable bonds is 5. The fourth-order valence-electron chi connectivity index (χ4n) is 2.95. The number of benzene rings is 1. The Kier molecular flexibility index (Phi) is 5.45. The van der Waals surface area contributed by atoms with Crippen LogP contribution in [0, 0.1) is 11.8 Å². The lowest BCUT2D eigenvalue weighted by molar-refractivity contribution is -0.0442. The lowest BCUT2D eigenvalue weighted by atomic mass is 9.79. The molecule has 0 aliphatic heterocycles. The maximum Gasteiger partial charge on any atom is 0.137 e. The van der Waals surface area contributed by atoms with Crippen LogP contribution in [0.3, 0.4) is 0 Å². The molecule has 1 saturated carbocycles. The Bertz CT molecular complexity index is 725. The Morgan fingerprint density at radius 1 is 1.28 bits per heavy atom. The van der Waals surface area contributed by atoms with Gasteiger partial charge in [0.25, 0.3) is 0 Å². The summed E-state index contributed by atoms with van der Waals surface area (Å²) < 4.78 is 1.69. The zero-order valence-electron chi connectivity index (χ0n) is 14.0. The van der Waals surface area contributed by atoms with Crippen molar-refractivity contribution in [2.24, 2.45) is 11.8 Å². The minimum Gasteiger partial charge on any atom is -0.383 e. The second kappa shape index (κ2) is 7.76. The minimum absolute atomic E-state index is 0.174. The third-order valence-corrected chi connectivity index (χ3v) is 4.88. The summed E-state index contributed by atoms with van der Waals surface area (Å²) in [6.07, 6.45) is 8.47. The summed E-state index contributed by atoms with van der Waals surface area (Å²) in [5.41, 5.74) is -0.0591. The molecule has 0 radical (unpaired) electrons. The Balaban J connectivity index is 0.000000314. The van der Waals surface area contributed by atoms with Gasteiger partial charge in [-0.3, -0.25) is 5.10 Å². The first-order valence-electron chi connectivity index (χ1n) is 8.19. The monoisotopic (exact) mass is 360 g/mol. The zero-order valence-corrected chi connectivity index (χ0v) is 14.7. The molecule has 7 nitrogen and oxygen atoms in total. The lowest BCUT2D eigenvalue weighted by Gasteiger charge is -2.35. The number of nitrogens with zero attached hydrogens (tertiary/aromatic N) is 5. The van der Waals surface area contributed by atoms with E-state index < -0.39 is 5.60 Å². The molecule has 0 bridgehead atoms. The van der Waals surface area contributed by atoms with Crippen LogP contribution in [0.15, 0.2) is 49.6 Å². The van der Waals surface area contributed by atoms with Gasteiger partial charge in [-0.05, 0) is 42.4 Å². The van der Waals surface area contributed by atoms with Crippen molar-refractivity contribution in [3.8, 4) is 0 Å². The largest absolute Gasteiger partial charge is 0.383 e. The van der Waals surface area contributed by atoms with E-state index in [4.69, 9.17) is 11.6 Å². The van der Waals surface area contributed by atoms with Crippen molar-refractivity contribution in [1.29, 1.82) is 0 Å². The van der Waals surface area contributed by atoms with Crippen LogP contribution in [0.5, 0.6) is 0 Å². The van der Waals surface area contributed by atoms with Gasteiger partial charge in [-0.2, -0.15) is 10.2 Å². The molecule has 0 saturated heterocycles. The summed E-state index contributed by atoms with van der Waals surface area (Å²) in [6.45, 7) is 2.52. The van der Waals surface area contributed by atoms with E-state index in [0.717, 1.165) is 5.56 Å². The number of hydrogen-bond acceptors (Lipinski definition) is 5. The van der Waals surface area contributed by atoms with Crippen molar-refractivity contribution < 1.29 is 5.11 Å². The van der Waals surface area contributed by atoms with Gasteiger partial charge in [0.05, 0.1) is 6.54 Å². The van der Waals surface area contributed by atoms with Crippen LogP contribution in [-0.2, 0) is 12.1 Å². The maximum absolute atomic E-state index is 11.3. The standard InChI is InChI=1S/C15H18ClN3O.C2H3N3/c1-11(12-2-3-12)15(20,8-19-10-17-9-18-19)13-4-6-14(16)7-5-13;1-3-2-5-4-1/h4-7,9-12,20H,2-3,8H2,1H3;1-2H,(H,3,4,5). The first-order valence-corrected chi connectivity index (χ1v) is 8.57. The summed E-state index contributed by atoms with van der Waals surface area (Å²) in [6, 6.07) is 7.45. The molecule has 1 aromatic carbocycles. The predicted molar refractivity (Wildman–Crippen MR) is 93.6 cm³/mol. The number of H-pyrrole nitrogens is 1. The van der Waals surface area contributed by atoms with Gasteiger partial charge in [0.2, 0.25) is 0 Å². The van der Waals surface area contributed by atoms with Crippen LogP contribution in [0.1, 0.15) is 25.3 Å². The summed E-state index contributed by atoms with van der Waals surface area (Å²) >= 11 is 5.95. The topological polar surface area (TPSA) is 92.5 Å². The molecule has 2 heterocycles. The van der Waals surface area contributed by atoms with E-state index in [9.17, 15) is 5.11 Å². The molecule has 0 spiro atoms.